The maximum atomic E-state index is 4.53. The van der Waals surface area contributed by atoms with Crippen molar-refractivity contribution in [3.05, 3.63) is 89.7 Å². The fourth-order valence-electron chi connectivity index (χ4n) is 2.70. The second-order valence-corrected chi connectivity index (χ2v) is 6.62. The highest BCUT2D eigenvalue weighted by atomic mass is 32.2. The third kappa shape index (κ3) is 3.80. The summed E-state index contributed by atoms with van der Waals surface area (Å²) in [5.41, 5.74) is 2.44. The van der Waals surface area contributed by atoms with Crippen LogP contribution in [0.1, 0.15) is 17.0 Å². The lowest BCUT2D eigenvalue weighted by Crippen LogP contribution is -1.85. The largest absolute Gasteiger partial charge is 0.259 e. The Morgan fingerprint density at radius 1 is 0.840 bits per heavy atom. The summed E-state index contributed by atoms with van der Waals surface area (Å²) in [4.78, 5) is 4.53. The summed E-state index contributed by atoms with van der Waals surface area (Å²) in [5.74, 6) is 1.62. The van der Waals surface area contributed by atoms with Gasteiger partial charge in [0.25, 0.3) is 0 Å². The SMILES string of the molecule is C(=C\c1nc(SCc2cccc3ccccc23)n[nH]1)/c1ccccc1. The van der Waals surface area contributed by atoms with E-state index in [-0.39, 0.29) is 0 Å². The molecule has 25 heavy (non-hydrogen) atoms. The van der Waals surface area contributed by atoms with Gasteiger partial charge in [0, 0.05) is 5.75 Å². The zero-order valence-corrected chi connectivity index (χ0v) is 14.4. The van der Waals surface area contributed by atoms with Crippen molar-refractivity contribution in [2.75, 3.05) is 0 Å². The monoisotopic (exact) mass is 343 g/mol. The molecule has 1 heterocycles. The first kappa shape index (κ1) is 15.7. The third-order valence-corrected chi connectivity index (χ3v) is 4.85. The van der Waals surface area contributed by atoms with Crippen LogP contribution in [0.15, 0.2) is 78.0 Å². The van der Waals surface area contributed by atoms with Crippen LogP contribution in [0.25, 0.3) is 22.9 Å². The van der Waals surface area contributed by atoms with Crippen LogP contribution in [0.5, 0.6) is 0 Å². The van der Waals surface area contributed by atoms with Crippen LogP contribution < -0.4 is 0 Å². The molecule has 0 saturated heterocycles. The van der Waals surface area contributed by atoms with Gasteiger partial charge in [0.15, 0.2) is 0 Å². The fourth-order valence-corrected chi connectivity index (χ4v) is 3.51. The van der Waals surface area contributed by atoms with E-state index in [2.05, 4.69) is 69.8 Å². The summed E-state index contributed by atoms with van der Waals surface area (Å²) in [6.07, 6.45) is 3.98. The minimum absolute atomic E-state index is 0.764. The Morgan fingerprint density at radius 2 is 1.64 bits per heavy atom. The Hall–Kier alpha value is -2.85. The number of fused-ring (bicyclic) bond motifs is 1. The molecule has 0 bridgehead atoms. The Labute approximate surface area is 150 Å². The normalized spacial score (nSPS) is 11.4. The molecule has 4 rings (SSSR count). The molecule has 0 radical (unpaired) electrons. The molecule has 122 valence electrons. The van der Waals surface area contributed by atoms with Gasteiger partial charge in [0.2, 0.25) is 5.16 Å². The Kier molecular flexibility index (Phi) is 4.61. The van der Waals surface area contributed by atoms with Gasteiger partial charge in [0.1, 0.15) is 5.82 Å². The van der Waals surface area contributed by atoms with Crippen LogP contribution in [0.2, 0.25) is 0 Å². The Balaban J connectivity index is 1.45. The molecule has 0 atom stereocenters. The maximum absolute atomic E-state index is 4.53. The van der Waals surface area contributed by atoms with Crippen molar-refractivity contribution in [3.8, 4) is 0 Å². The number of nitrogens with one attached hydrogen (secondary N) is 1. The van der Waals surface area contributed by atoms with Gasteiger partial charge in [0.05, 0.1) is 0 Å². The first-order valence-electron chi connectivity index (χ1n) is 8.13. The van der Waals surface area contributed by atoms with Crippen molar-refractivity contribution in [2.24, 2.45) is 0 Å². The highest BCUT2D eigenvalue weighted by Crippen LogP contribution is 2.25. The molecule has 1 N–H and O–H groups in total. The van der Waals surface area contributed by atoms with Crippen LogP contribution in [-0.4, -0.2) is 15.2 Å². The number of benzene rings is 3. The Morgan fingerprint density at radius 3 is 2.56 bits per heavy atom. The van der Waals surface area contributed by atoms with Crippen molar-refractivity contribution in [2.45, 2.75) is 10.9 Å². The number of hydrogen-bond acceptors (Lipinski definition) is 3. The minimum atomic E-state index is 0.764. The first-order valence-corrected chi connectivity index (χ1v) is 9.12. The molecule has 0 fully saturated rings. The van der Waals surface area contributed by atoms with Crippen molar-refractivity contribution in [1.29, 1.82) is 0 Å². The van der Waals surface area contributed by atoms with Gasteiger partial charge in [-0.2, -0.15) is 0 Å². The predicted octanol–water partition coefficient (Wildman–Crippen LogP) is 5.42. The molecule has 1 aromatic heterocycles. The molecule has 4 aromatic rings. The molecule has 0 amide bonds. The number of aromatic nitrogens is 3. The van der Waals surface area contributed by atoms with E-state index in [1.807, 2.05) is 30.4 Å². The van der Waals surface area contributed by atoms with Crippen molar-refractivity contribution in [1.82, 2.24) is 15.2 Å². The van der Waals surface area contributed by atoms with Crippen LogP contribution in [0.3, 0.4) is 0 Å². The van der Waals surface area contributed by atoms with Crippen molar-refractivity contribution < 1.29 is 0 Å². The van der Waals surface area contributed by atoms with E-state index >= 15 is 0 Å². The molecule has 0 spiro atoms. The summed E-state index contributed by atoms with van der Waals surface area (Å²) in [5, 5.41) is 10.6. The summed E-state index contributed by atoms with van der Waals surface area (Å²) >= 11 is 1.64. The van der Waals surface area contributed by atoms with E-state index in [1.54, 1.807) is 11.8 Å². The highest BCUT2D eigenvalue weighted by Gasteiger charge is 2.05. The zero-order valence-electron chi connectivity index (χ0n) is 13.6. The lowest BCUT2D eigenvalue weighted by atomic mass is 10.1. The molecule has 4 heteroatoms. The number of nitrogens with zero attached hydrogens (tertiary/aromatic N) is 2. The number of H-pyrrole nitrogens is 1. The van der Waals surface area contributed by atoms with Gasteiger partial charge in [-0.05, 0) is 28.0 Å². The summed E-state index contributed by atoms with van der Waals surface area (Å²) in [6, 6.07) is 25.0. The molecule has 0 aliphatic heterocycles. The first-order chi connectivity index (χ1) is 12.4. The van der Waals surface area contributed by atoms with Crippen LogP contribution in [0, 0.1) is 0 Å². The van der Waals surface area contributed by atoms with Crippen molar-refractivity contribution in [3.63, 3.8) is 0 Å². The smallest absolute Gasteiger partial charge is 0.209 e. The van der Waals surface area contributed by atoms with E-state index in [4.69, 9.17) is 0 Å². The average molecular weight is 343 g/mol. The predicted molar refractivity (Wildman–Crippen MR) is 105 cm³/mol. The Bertz CT molecular complexity index is 1000. The quantitative estimate of drug-likeness (QED) is 0.492. The van der Waals surface area contributed by atoms with E-state index in [9.17, 15) is 0 Å². The van der Waals surface area contributed by atoms with Gasteiger partial charge in [-0.25, -0.2) is 4.98 Å². The molecular weight excluding hydrogens is 326 g/mol. The molecular formula is C21H17N3S. The average Bonchev–Trinajstić information content (AvgIpc) is 3.13. The summed E-state index contributed by atoms with van der Waals surface area (Å²) in [6.45, 7) is 0. The van der Waals surface area contributed by atoms with Gasteiger partial charge < -0.3 is 0 Å². The number of aromatic amines is 1. The van der Waals surface area contributed by atoms with E-state index in [1.165, 1.54) is 16.3 Å². The van der Waals surface area contributed by atoms with Crippen molar-refractivity contribution >= 4 is 34.7 Å². The topological polar surface area (TPSA) is 41.6 Å². The molecule has 3 aromatic carbocycles. The van der Waals surface area contributed by atoms with Crippen LogP contribution in [0.4, 0.5) is 0 Å². The molecule has 3 nitrogen and oxygen atoms in total. The summed E-state index contributed by atoms with van der Waals surface area (Å²) < 4.78 is 0. The lowest BCUT2D eigenvalue weighted by Gasteiger charge is -2.04. The standard InChI is InChI=1S/C21H17N3S/c1-2-7-16(8-3-1)13-14-20-22-21(24-23-20)25-15-18-11-6-10-17-9-4-5-12-19(17)18/h1-14H,15H2,(H,22,23,24)/b14-13+. The summed E-state index contributed by atoms with van der Waals surface area (Å²) in [7, 11) is 0. The molecule has 0 unspecified atom stereocenters. The van der Waals surface area contributed by atoms with E-state index in [0.717, 1.165) is 22.3 Å². The van der Waals surface area contributed by atoms with E-state index < -0.39 is 0 Å². The molecule has 0 saturated carbocycles. The second kappa shape index (κ2) is 7.36. The van der Waals surface area contributed by atoms with Gasteiger partial charge in [-0.3, -0.25) is 5.10 Å². The third-order valence-electron chi connectivity index (χ3n) is 3.95. The number of rotatable bonds is 5. The fraction of sp³-hybridized carbons (Fsp3) is 0.0476. The van der Waals surface area contributed by atoms with Gasteiger partial charge >= 0.3 is 0 Å². The number of hydrogen-bond donors (Lipinski definition) is 1. The van der Waals surface area contributed by atoms with Gasteiger partial charge in [-0.1, -0.05) is 90.6 Å². The second-order valence-electron chi connectivity index (χ2n) is 5.67. The highest BCUT2D eigenvalue weighted by molar-refractivity contribution is 7.98. The maximum Gasteiger partial charge on any atom is 0.209 e. The number of thioether (sulfide) groups is 1. The zero-order chi connectivity index (χ0) is 16.9. The van der Waals surface area contributed by atoms with Gasteiger partial charge in [-0.15, -0.1) is 5.10 Å². The lowest BCUT2D eigenvalue weighted by molar-refractivity contribution is 0.972. The molecule has 0 aliphatic carbocycles. The van der Waals surface area contributed by atoms with Crippen LogP contribution in [-0.2, 0) is 5.75 Å². The molecule has 0 aliphatic rings. The van der Waals surface area contributed by atoms with E-state index in [0.29, 0.717) is 0 Å². The minimum Gasteiger partial charge on any atom is -0.259 e. The van der Waals surface area contributed by atoms with Crippen LogP contribution >= 0.6 is 11.8 Å².